The van der Waals surface area contributed by atoms with Crippen molar-refractivity contribution in [3.63, 3.8) is 0 Å². The molecule has 0 rings (SSSR count). The van der Waals surface area contributed by atoms with Crippen LogP contribution in [0.3, 0.4) is 0 Å². The van der Waals surface area contributed by atoms with E-state index in [-0.39, 0.29) is 11.4 Å². The molecule has 0 bridgehead atoms. The molecule has 0 saturated heterocycles. The Labute approximate surface area is 73.2 Å². The van der Waals surface area contributed by atoms with Gasteiger partial charge in [-0.2, -0.15) is 0 Å². The van der Waals surface area contributed by atoms with Gasteiger partial charge < -0.3 is 5.32 Å². The predicted octanol–water partition coefficient (Wildman–Crippen LogP) is -0.0831. The van der Waals surface area contributed by atoms with E-state index in [1.807, 2.05) is 20.8 Å². The minimum absolute atomic E-state index is 0.0255. The van der Waals surface area contributed by atoms with E-state index in [0.29, 0.717) is 0 Å². The number of nitrogens with one attached hydrogen (secondary N) is 1. The van der Waals surface area contributed by atoms with Crippen LogP contribution < -0.4 is 5.32 Å². The van der Waals surface area contributed by atoms with Gasteiger partial charge in [-0.3, -0.25) is 4.79 Å². The highest BCUT2D eigenvalue weighted by molar-refractivity contribution is 7.59. The van der Waals surface area contributed by atoms with Crippen LogP contribution in [0.5, 0.6) is 0 Å². The van der Waals surface area contributed by atoms with Crippen LogP contribution in [0, 0.1) is 0 Å². The quantitative estimate of drug-likeness (QED) is 0.586. The van der Waals surface area contributed by atoms with Gasteiger partial charge >= 0.3 is 10.6 Å². The van der Waals surface area contributed by atoms with Gasteiger partial charge in [-0.15, -0.1) is 12.6 Å². The van der Waals surface area contributed by atoms with E-state index in [1.54, 1.807) is 0 Å². The maximum Gasteiger partial charge on any atom is 0.425 e. The summed E-state index contributed by atoms with van der Waals surface area (Å²) in [5.41, 5.74) is -0.0775. The van der Waals surface area contributed by atoms with Crippen molar-refractivity contribution in [1.29, 1.82) is 0 Å². The Hall–Kier alpha value is -0.910. The van der Waals surface area contributed by atoms with Crippen molar-refractivity contribution in [2.75, 3.05) is 0 Å². The molecule has 0 aliphatic rings. The van der Waals surface area contributed by atoms with Gasteiger partial charge in [0.05, 0.1) is 0 Å². The minimum atomic E-state index is -3.11. The van der Waals surface area contributed by atoms with E-state index in [1.165, 1.54) is 6.92 Å². The normalized spacial score (nSPS) is 9.33. The van der Waals surface area contributed by atoms with Crippen molar-refractivity contribution in [3.05, 3.63) is 0 Å². The monoisotopic (exact) mass is 195 g/mol. The number of rotatable bonds is 0. The summed E-state index contributed by atoms with van der Waals surface area (Å²) in [6, 6.07) is 0. The standard InChI is InChI=1S/C6H13NO.O3S/c1-5(8)7-6(2,3)4;1-4(2)3/h1-4H3,(H,7,8);. The molecule has 1 amide bonds. The second kappa shape index (κ2) is 5.70. The molecule has 0 aliphatic carbocycles. The average Bonchev–Trinajstić information content (AvgIpc) is 1.52. The Morgan fingerprint density at radius 3 is 1.42 bits per heavy atom. The number of hydrogen-bond acceptors (Lipinski definition) is 4. The summed E-state index contributed by atoms with van der Waals surface area (Å²) in [6.07, 6.45) is 0. The third kappa shape index (κ3) is 35.6. The summed E-state index contributed by atoms with van der Waals surface area (Å²) < 4.78 is 25.3. The van der Waals surface area contributed by atoms with E-state index >= 15 is 0 Å². The SMILES string of the molecule is CC(=O)NC(C)(C)C.O=S(=O)=O. The molecule has 0 heterocycles. The van der Waals surface area contributed by atoms with Gasteiger partial charge in [0.25, 0.3) is 0 Å². The molecule has 12 heavy (non-hydrogen) atoms. The summed E-state index contributed by atoms with van der Waals surface area (Å²) in [7, 11) is -3.11. The van der Waals surface area contributed by atoms with Gasteiger partial charge in [-0.05, 0) is 20.8 Å². The second-order valence-corrected chi connectivity index (χ2v) is 3.54. The van der Waals surface area contributed by atoms with E-state index in [2.05, 4.69) is 5.32 Å². The highest BCUT2D eigenvalue weighted by Crippen LogP contribution is 1.96. The van der Waals surface area contributed by atoms with E-state index in [4.69, 9.17) is 12.6 Å². The predicted molar refractivity (Wildman–Crippen MR) is 43.3 cm³/mol. The Morgan fingerprint density at radius 2 is 1.42 bits per heavy atom. The highest BCUT2D eigenvalue weighted by atomic mass is 32.2. The smallest absolute Gasteiger partial charge is 0.352 e. The lowest BCUT2D eigenvalue weighted by Gasteiger charge is -2.18. The molecule has 72 valence electrons. The molecule has 0 aliphatic heterocycles. The number of amides is 1. The number of carbonyl (C=O) groups excluding carboxylic acids is 1. The van der Waals surface area contributed by atoms with Gasteiger partial charge in [0.2, 0.25) is 5.91 Å². The van der Waals surface area contributed by atoms with Crippen LogP contribution in [-0.2, 0) is 15.4 Å². The topological polar surface area (TPSA) is 80.3 Å². The summed E-state index contributed by atoms with van der Waals surface area (Å²) in [5.74, 6) is 0.0255. The van der Waals surface area contributed by atoms with Gasteiger partial charge in [0, 0.05) is 12.5 Å². The molecule has 6 heteroatoms. The van der Waals surface area contributed by atoms with Crippen molar-refractivity contribution < 1.29 is 17.4 Å². The summed E-state index contributed by atoms with van der Waals surface area (Å²) in [5, 5.41) is 2.74. The summed E-state index contributed by atoms with van der Waals surface area (Å²) in [6.45, 7) is 7.38. The van der Waals surface area contributed by atoms with Crippen LogP contribution in [0.2, 0.25) is 0 Å². The molecule has 0 fully saturated rings. The zero-order valence-electron chi connectivity index (χ0n) is 7.54. The van der Waals surface area contributed by atoms with Crippen LogP contribution in [0.4, 0.5) is 0 Å². The molecule has 0 aromatic rings. The lowest BCUT2D eigenvalue weighted by molar-refractivity contribution is -0.120. The molecular weight excluding hydrogens is 182 g/mol. The number of carbonyl (C=O) groups is 1. The number of hydrogen-bond donors (Lipinski definition) is 1. The largest absolute Gasteiger partial charge is 0.425 e. The first-order valence-electron chi connectivity index (χ1n) is 3.20. The molecule has 0 spiro atoms. The second-order valence-electron chi connectivity index (χ2n) is 3.14. The summed E-state index contributed by atoms with van der Waals surface area (Å²) >= 11 is 0. The molecule has 0 aromatic carbocycles. The van der Waals surface area contributed by atoms with Gasteiger partial charge in [0.1, 0.15) is 0 Å². The third-order valence-electron chi connectivity index (χ3n) is 0.551. The maximum atomic E-state index is 10.3. The van der Waals surface area contributed by atoms with Crippen LogP contribution in [0.25, 0.3) is 0 Å². The third-order valence-corrected chi connectivity index (χ3v) is 0.551. The highest BCUT2D eigenvalue weighted by Gasteiger charge is 2.08. The van der Waals surface area contributed by atoms with Crippen LogP contribution in [-0.4, -0.2) is 24.1 Å². The zero-order valence-corrected chi connectivity index (χ0v) is 8.36. The van der Waals surface area contributed by atoms with Crippen LogP contribution in [0.1, 0.15) is 27.7 Å². The van der Waals surface area contributed by atoms with Gasteiger partial charge in [-0.1, -0.05) is 0 Å². The van der Waals surface area contributed by atoms with E-state index in [9.17, 15) is 4.79 Å². The van der Waals surface area contributed by atoms with Crippen LogP contribution in [0.15, 0.2) is 0 Å². The fourth-order valence-electron chi connectivity index (χ4n) is 0.528. The van der Waals surface area contributed by atoms with E-state index in [0.717, 1.165) is 0 Å². The van der Waals surface area contributed by atoms with E-state index < -0.39 is 10.6 Å². The van der Waals surface area contributed by atoms with Crippen molar-refractivity contribution in [3.8, 4) is 0 Å². The Kier molecular flexibility index (Phi) is 6.49. The first-order valence-corrected chi connectivity index (χ1v) is 4.20. The molecule has 0 atom stereocenters. The fraction of sp³-hybridized carbons (Fsp3) is 0.833. The first-order chi connectivity index (χ1) is 5.15. The zero-order chi connectivity index (χ0) is 10.4. The minimum Gasteiger partial charge on any atom is -0.352 e. The maximum absolute atomic E-state index is 10.3. The average molecular weight is 195 g/mol. The molecule has 0 radical (unpaired) electrons. The molecule has 0 saturated carbocycles. The molecule has 0 aromatic heterocycles. The fourth-order valence-corrected chi connectivity index (χ4v) is 0.528. The summed E-state index contributed by atoms with van der Waals surface area (Å²) in [4.78, 5) is 10.3. The Bertz CT molecular complexity index is 227. The molecule has 5 nitrogen and oxygen atoms in total. The van der Waals surface area contributed by atoms with Crippen molar-refractivity contribution in [2.45, 2.75) is 33.2 Å². The lowest BCUT2D eigenvalue weighted by Crippen LogP contribution is -2.38. The van der Waals surface area contributed by atoms with Gasteiger partial charge in [0.15, 0.2) is 0 Å². The van der Waals surface area contributed by atoms with Crippen LogP contribution >= 0.6 is 0 Å². The molecule has 0 unspecified atom stereocenters. The molecule has 1 N–H and O–H groups in total. The van der Waals surface area contributed by atoms with Crippen molar-refractivity contribution in [2.24, 2.45) is 0 Å². The van der Waals surface area contributed by atoms with Crippen molar-refractivity contribution in [1.82, 2.24) is 5.32 Å². The lowest BCUT2D eigenvalue weighted by atomic mass is 10.1. The first kappa shape index (κ1) is 13.7. The Balaban J connectivity index is 0. The van der Waals surface area contributed by atoms with Crippen molar-refractivity contribution >= 4 is 16.5 Å². The Morgan fingerprint density at radius 1 is 1.17 bits per heavy atom. The molecular formula is C6H13NO4S. The van der Waals surface area contributed by atoms with Gasteiger partial charge in [-0.25, -0.2) is 0 Å².